The average molecular weight is 336 g/mol. The number of ether oxygens (including phenoxy) is 2. The van der Waals surface area contributed by atoms with Crippen molar-refractivity contribution in [3.05, 3.63) is 47.5 Å². The van der Waals surface area contributed by atoms with Crippen LogP contribution in [0.2, 0.25) is 0 Å². The first-order valence-corrected chi connectivity index (χ1v) is 8.96. The topological polar surface area (TPSA) is 18.5 Å². The highest BCUT2D eigenvalue weighted by molar-refractivity contribution is 5.22. The van der Waals surface area contributed by atoms with Crippen LogP contribution in [0, 0.1) is 23.5 Å². The van der Waals surface area contributed by atoms with Crippen molar-refractivity contribution in [2.24, 2.45) is 11.8 Å². The van der Waals surface area contributed by atoms with E-state index in [9.17, 15) is 8.78 Å². The van der Waals surface area contributed by atoms with Crippen LogP contribution < -0.4 is 0 Å². The maximum absolute atomic E-state index is 13.4. The zero-order valence-electron chi connectivity index (χ0n) is 14.2. The standard InChI is InChI=1S/C20H26F2O2/c1-2-3-4-14-12-23-20(24-13-14)16-7-5-15(6-8-16)17-9-10-18(21)19(22)11-17/h2-3,9-11,14-16,20H,4-8,12-13H2,1H3. The summed E-state index contributed by atoms with van der Waals surface area (Å²) in [5, 5.41) is 0. The molecule has 0 aromatic heterocycles. The minimum atomic E-state index is -0.774. The Bertz CT molecular complexity index is 557. The normalized spacial score (nSPS) is 31.5. The van der Waals surface area contributed by atoms with E-state index >= 15 is 0 Å². The van der Waals surface area contributed by atoms with Crippen molar-refractivity contribution in [1.29, 1.82) is 0 Å². The molecule has 0 amide bonds. The molecule has 1 saturated carbocycles. The summed E-state index contributed by atoms with van der Waals surface area (Å²) in [4.78, 5) is 0. The molecule has 1 aliphatic heterocycles. The second-order valence-corrected chi connectivity index (χ2v) is 6.99. The number of benzene rings is 1. The highest BCUT2D eigenvalue weighted by Crippen LogP contribution is 2.39. The number of halogens is 2. The fraction of sp³-hybridized carbons (Fsp3) is 0.600. The molecule has 1 aromatic carbocycles. The Labute approximate surface area is 142 Å². The van der Waals surface area contributed by atoms with Gasteiger partial charge in [0, 0.05) is 11.8 Å². The van der Waals surface area contributed by atoms with E-state index in [4.69, 9.17) is 9.47 Å². The SMILES string of the molecule is CC=CCC1COC(C2CCC(c3ccc(F)c(F)c3)CC2)OC1. The molecule has 0 atom stereocenters. The van der Waals surface area contributed by atoms with Gasteiger partial charge in [0.15, 0.2) is 17.9 Å². The summed E-state index contributed by atoms with van der Waals surface area (Å²) in [6.45, 7) is 3.55. The van der Waals surface area contributed by atoms with Gasteiger partial charge in [-0.2, -0.15) is 0 Å². The number of rotatable bonds is 4. The molecule has 1 saturated heterocycles. The fourth-order valence-corrected chi connectivity index (χ4v) is 3.79. The van der Waals surface area contributed by atoms with E-state index in [2.05, 4.69) is 12.2 Å². The van der Waals surface area contributed by atoms with Gasteiger partial charge in [-0.3, -0.25) is 0 Å². The maximum Gasteiger partial charge on any atom is 0.160 e. The third-order valence-electron chi connectivity index (χ3n) is 5.27. The van der Waals surface area contributed by atoms with Crippen molar-refractivity contribution in [1.82, 2.24) is 0 Å². The number of allylic oxidation sites excluding steroid dienone is 2. The molecule has 2 fully saturated rings. The molecule has 0 bridgehead atoms. The lowest BCUT2D eigenvalue weighted by Gasteiger charge is -2.37. The van der Waals surface area contributed by atoms with Crippen molar-refractivity contribution in [3.8, 4) is 0 Å². The Morgan fingerprint density at radius 2 is 1.75 bits per heavy atom. The van der Waals surface area contributed by atoms with Crippen molar-refractivity contribution in [2.45, 2.75) is 51.2 Å². The Morgan fingerprint density at radius 3 is 2.38 bits per heavy atom. The largest absolute Gasteiger partial charge is 0.352 e. The molecule has 3 rings (SSSR count). The summed E-state index contributed by atoms with van der Waals surface area (Å²) in [6.07, 6.45) is 9.09. The van der Waals surface area contributed by atoms with Crippen molar-refractivity contribution < 1.29 is 18.3 Å². The van der Waals surface area contributed by atoms with Crippen LogP contribution in [0.25, 0.3) is 0 Å². The molecule has 4 heteroatoms. The molecule has 2 aliphatic rings. The van der Waals surface area contributed by atoms with Gasteiger partial charge in [-0.1, -0.05) is 18.2 Å². The smallest absolute Gasteiger partial charge is 0.160 e. The first-order chi connectivity index (χ1) is 11.7. The van der Waals surface area contributed by atoms with E-state index in [1.807, 2.05) is 6.92 Å². The highest BCUT2D eigenvalue weighted by atomic mass is 19.2. The monoisotopic (exact) mass is 336 g/mol. The van der Waals surface area contributed by atoms with Crippen LogP contribution in [-0.2, 0) is 9.47 Å². The van der Waals surface area contributed by atoms with Gasteiger partial charge in [0.05, 0.1) is 13.2 Å². The molecule has 0 unspecified atom stereocenters. The van der Waals surface area contributed by atoms with Crippen LogP contribution >= 0.6 is 0 Å². The van der Waals surface area contributed by atoms with Crippen LogP contribution in [0.4, 0.5) is 8.78 Å². The minimum absolute atomic E-state index is 0.0993. The van der Waals surface area contributed by atoms with Crippen LogP contribution in [0.5, 0.6) is 0 Å². The van der Waals surface area contributed by atoms with Crippen molar-refractivity contribution in [2.75, 3.05) is 13.2 Å². The molecule has 1 heterocycles. The molecule has 132 valence electrons. The molecule has 2 nitrogen and oxygen atoms in total. The molecule has 1 aliphatic carbocycles. The van der Waals surface area contributed by atoms with Crippen LogP contribution in [0.1, 0.15) is 50.5 Å². The molecular weight excluding hydrogens is 310 g/mol. The van der Waals surface area contributed by atoms with Gasteiger partial charge in [0.25, 0.3) is 0 Å². The van der Waals surface area contributed by atoms with Crippen molar-refractivity contribution >= 4 is 0 Å². The van der Waals surface area contributed by atoms with Gasteiger partial charge >= 0.3 is 0 Å². The molecule has 24 heavy (non-hydrogen) atoms. The Kier molecular flexibility index (Phi) is 6.01. The Balaban J connectivity index is 1.48. The zero-order chi connectivity index (χ0) is 16.9. The highest BCUT2D eigenvalue weighted by Gasteiger charge is 2.32. The predicted molar refractivity (Wildman–Crippen MR) is 89.7 cm³/mol. The lowest BCUT2D eigenvalue weighted by molar-refractivity contribution is -0.228. The van der Waals surface area contributed by atoms with E-state index in [1.54, 1.807) is 6.07 Å². The third-order valence-corrected chi connectivity index (χ3v) is 5.27. The summed E-state index contributed by atoms with van der Waals surface area (Å²) in [6, 6.07) is 4.29. The quantitative estimate of drug-likeness (QED) is 0.704. The van der Waals surface area contributed by atoms with E-state index in [0.717, 1.165) is 50.9 Å². The van der Waals surface area contributed by atoms with E-state index < -0.39 is 11.6 Å². The van der Waals surface area contributed by atoms with Gasteiger partial charge in [0.1, 0.15) is 0 Å². The van der Waals surface area contributed by atoms with Gasteiger partial charge in [-0.05, 0) is 62.6 Å². The molecule has 0 N–H and O–H groups in total. The van der Waals surface area contributed by atoms with Gasteiger partial charge in [0.2, 0.25) is 0 Å². The van der Waals surface area contributed by atoms with Crippen LogP contribution in [0.15, 0.2) is 30.4 Å². The Hall–Kier alpha value is -1.26. The summed E-state index contributed by atoms with van der Waals surface area (Å²) >= 11 is 0. The summed E-state index contributed by atoms with van der Waals surface area (Å²) in [5.74, 6) is -0.350. The first kappa shape index (κ1) is 17.6. The second kappa shape index (κ2) is 8.21. The summed E-state index contributed by atoms with van der Waals surface area (Å²) < 4.78 is 38.3. The summed E-state index contributed by atoms with van der Waals surface area (Å²) in [5.41, 5.74) is 0.907. The fourth-order valence-electron chi connectivity index (χ4n) is 3.79. The third kappa shape index (κ3) is 4.22. The van der Waals surface area contributed by atoms with Crippen LogP contribution in [-0.4, -0.2) is 19.5 Å². The lowest BCUT2D eigenvalue weighted by atomic mass is 9.78. The molecule has 1 aromatic rings. The second-order valence-electron chi connectivity index (χ2n) is 6.99. The van der Waals surface area contributed by atoms with Crippen molar-refractivity contribution in [3.63, 3.8) is 0 Å². The zero-order valence-corrected chi connectivity index (χ0v) is 14.2. The lowest BCUT2D eigenvalue weighted by Crippen LogP contribution is -2.38. The molecule has 0 spiro atoms. The minimum Gasteiger partial charge on any atom is -0.352 e. The predicted octanol–water partition coefficient (Wildman–Crippen LogP) is 5.19. The summed E-state index contributed by atoms with van der Waals surface area (Å²) in [7, 11) is 0. The van der Waals surface area contributed by atoms with Gasteiger partial charge in [-0.25, -0.2) is 8.78 Å². The van der Waals surface area contributed by atoms with Gasteiger partial charge in [-0.15, -0.1) is 0 Å². The molecular formula is C20H26F2O2. The average Bonchev–Trinajstić information content (AvgIpc) is 2.63. The number of hydrogen-bond donors (Lipinski definition) is 0. The maximum atomic E-state index is 13.4. The van der Waals surface area contributed by atoms with E-state index in [0.29, 0.717) is 17.8 Å². The number of hydrogen-bond acceptors (Lipinski definition) is 2. The Morgan fingerprint density at radius 1 is 1.04 bits per heavy atom. The van der Waals surface area contributed by atoms with E-state index in [1.165, 1.54) is 12.1 Å². The van der Waals surface area contributed by atoms with Crippen LogP contribution in [0.3, 0.4) is 0 Å². The molecule has 0 radical (unpaired) electrons. The van der Waals surface area contributed by atoms with Gasteiger partial charge < -0.3 is 9.47 Å². The van der Waals surface area contributed by atoms with E-state index in [-0.39, 0.29) is 6.29 Å². The first-order valence-electron chi connectivity index (χ1n) is 8.96.